The largest absolute Gasteiger partial charge is 0.228 e. The highest BCUT2D eigenvalue weighted by molar-refractivity contribution is 7.26. The molecular formula is C41H28N2S. The minimum atomic E-state index is 0.722. The van der Waals surface area contributed by atoms with Gasteiger partial charge in [-0.25, -0.2) is 9.97 Å². The minimum Gasteiger partial charge on any atom is -0.228 e. The lowest BCUT2D eigenvalue weighted by atomic mass is 9.98. The fourth-order valence-corrected chi connectivity index (χ4v) is 7.12. The van der Waals surface area contributed by atoms with Gasteiger partial charge in [0.2, 0.25) is 0 Å². The molecule has 208 valence electrons. The SMILES string of the molecule is Cc1ccc(-c2nc(-c3cccc(-c4ccccc4)c3)cc(-c3cccc(-c4cccc5c4sc4ccccc45)c3)n2)cc1. The first kappa shape index (κ1) is 26.3. The normalized spacial score (nSPS) is 11.3. The molecule has 0 unspecified atom stereocenters. The molecule has 0 saturated heterocycles. The molecule has 8 aromatic rings. The van der Waals surface area contributed by atoms with Gasteiger partial charge in [-0.05, 0) is 53.4 Å². The van der Waals surface area contributed by atoms with Gasteiger partial charge in [0.1, 0.15) is 0 Å². The molecule has 2 heterocycles. The van der Waals surface area contributed by atoms with Crippen molar-refractivity contribution in [2.45, 2.75) is 6.92 Å². The van der Waals surface area contributed by atoms with E-state index in [0.29, 0.717) is 0 Å². The third kappa shape index (κ3) is 4.88. The van der Waals surface area contributed by atoms with Crippen LogP contribution < -0.4 is 0 Å². The van der Waals surface area contributed by atoms with E-state index in [0.717, 1.165) is 33.9 Å². The van der Waals surface area contributed by atoms with Crippen LogP contribution in [0.5, 0.6) is 0 Å². The predicted molar refractivity (Wildman–Crippen MR) is 187 cm³/mol. The first-order valence-electron chi connectivity index (χ1n) is 14.8. The molecule has 0 saturated carbocycles. The fraction of sp³-hybridized carbons (Fsp3) is 0.0244. The highest BCUT2D eigenvalue weighted by Crippen LogP contribution is 2.40. The zero-order chi connectivity index (χ0) is 29.5. The van der Waals surface area contributed by atoms with Gasteiger partial charge in [-0.3, -0.25) is 0 Å². The van der Waals surface area contributed by atoms with Gasteiger partial charge in [0, 0.05) is 36.9 Å². The van der Waals surface area contributed by atoms with Crippen molar-refractivity contribution in [3.63, 3.8) is 0 Å². The van der Waals surface area contributed by atoms with Crippen LogP contribution in [0.3, 0.4) is 0 Å². The molecule has 0 atom stereocenters. The van der Waals surface area contributed by atoms with Crippen molar-refractivity contribution < 1.29 is 0 Å². The molecule has 0 spiro atoms. The summed E-state index contributed by atoms with van der Waals surface area (Å²) in [7, 11) is 0. The van der Waals surface area contributed by atoms with Crippen LogP contribution in [0.4, 0.5) is 0 Å². The van der Waals surface area contributed by atoms with Gasteiger partial charge in [0.25, 0.3) is 0 Å². The fourth-order valence-electron chi connectivity index (χ4n) is 5.88. The maximum absolute atomic E-state index is 5.13. The third-order valence-electron chi connectivity index (χ3n) is 8.17. The monoisotopic (exact) mass is 580 g/mol. The Morgan fingerprint density at radius 3 is 1.80 bits per heavy atom. The number of nitrogens with zero attached hydrogens (tertiary/aromatic N) is 2. The molecule has 0 radical (unpaired) electrons. The maximum Gasteiger partial charge on any atom is 0.160 e. The van der Waals surface area contributed by atoms with Gasteiger partial charge in [0.15, 0.2) is 5.82 Å². The smallest absolute Gasteiger partial charge is 0.160 e. The molecule has 3 heteroatoms. The number of hydrogen-bond donors (Lipinski definition) is 0. The first-order valence-corrected chi connectivity index (χ1v) is 15.6. The standard InChI is InChI=1S/C41H28N2S/c1-27-20-22-29(23-21-27)41-42-37(32-14-7-12-30(24-32)28-10-3-2-4-11-28)26-38(43-41)33-15-8-13-31(25-33)34-17-9-18-36-35-16-5-6-19-39(35)44-40(34)36/h2-26H,1H3. The highest BCUT2D eigenvalue weighted by Gasteiger charge is 2.14. The molecule has 0 aliphatic carbocycles. The summed E-state index contributed by atoms with van der Waals surface area (Å²) in [6, 6.07) is 53.7. The second-order valence-corrected chi connectivity index (χ2v) is 12.2. The Balaban J connectivity index is 1.28. The number of thiophene rings is 1. The van der Waals surface area contributed by atoms with Gasteiger partial charge in [-0.15, -0.1) is 11.3 Å². The van der Waals surface area contributed by atoms with E-state index in [-0.39, 0.29) is 0 Å². The molecule has 8 rings (SSSR count). The van der Waals surface area contributed by atoms with Crippen LogP contribution in [0.25, 0.3) is 76.3 Å². The lowest BCUT2D eigenvalue weighted by Crippen LogP contribution is -1.96. The molecular weight excluding hydrogens is 553 g/mol. The summed E-state index contributed by atoms with van der Waals surface area (Å²) in [5.41, 5.74) is 10.9. The van der Waals surface area contributed by atoms with E-state index in [9.17, 15) is 0 Å². The Labute approximate surface area is 261 Å². The summed E-state index contributed by atoms with van der Waals surface area (Å²) in [6.45, 7) is 2.10. The minimum absolute atomic E-state index is 0.722. The van der Waals surface area contributed by atoms with Crippen molar-refractivity contribution >= 4 is 31.5 Å². The second kappa shape index (κ2) is 11.0. The van der Waals surface area contributed by atoms with E-state index >= 15 is 0 Å². The van der Waals surface area contributed by atoms with E-state index in [1.807, 2.05) is 17.4 Å². The lowest BCUT2D eigenvalue weighted by molar-refractivity contribution is 1.18. The van der Waals surface area contributed by atoms with Crippen molar-refractivity contribution in [2.24, 2.45) is 0 Å². The van der Waals surface area contributed by atoms with Gasteiger partial charge < -0.3 is 0 Å². The quantitative estimate of drug-likeness (QED) is 0.202. The lowest BCUT2D eigenvalue weighted by Gasteiger charge is -2.12. The molecule has 0 N–H and O–H groups in total. The molecule has 44 heavy (non-hydrogen) atoms. The molecule has 0 bridgehead atoms. The van der Waals surface area contributed by atoms with Crippen molar-refractivity contribution in [3.8, 4) is 56.2 Å². The first-order chi connectivity index (χ1) is 21.7. The zero-order valence-electron chi connectivity index (χ0n) is 24.2. The molecule has 2 nitrogen and oxygen atoms in total. The number of aromatic nitrogens is 2. The average Bonchev–Trinajstić information content (AvgIpc) is 3.48. The molecule has 6 aromatic carbocycles. The maximum atomic E-state index is 5.13. The van der Waals surface area contributed by atoms with E-state index in [1.54, 1.807) is 0 Å². The number of hydrogen-bond acceptors (Lipinski definition) is 3. The summed E-state index contributed by atoms with van der Waals surface area (Å²) < 4.78 is 2.62. The predicted octanol–water partition coefficient (Wildman–Crippen LogP) is 11.5. The molecule has 2 aromatic heterocycles. The average molecular weight is 581 g/mol. The van der Waals surface area contributed by atoms with Crippen molar-refractivity contribution in [2.75, 3.05) is 0 Å². The van der Waals surface area contributed by atoms with E-state index in [1.165, 1.54) is 48.0 Å². The number of benzene rings is 6. The highest BCUT2D eigenvalue weighted by atomic mass is 32.1. The van der Waals surface area contributed by atoms with E-state index in [4.69, 9.17) is 9.97 Å². The summed E-state index contributed by atoms with van der Waals surface area (Å²) in [4.78, 5) is 10.2. The van der Waals surface area contributed by atoms with Crippen molar-refractivity contribution in [1.29, 1.82) is 0 Å². The van der Waals surface area contributed by atoms with Crippen molar-refractivity contribution in [3.05, 3.63) is 157 Å². The Morgan fingerprint density at radius 1 is 0.432 bits per heavy atom. The van der Waals surface area contributed by atoms with Crippen LogP contribution >= 0.6 is 11.3 Å². The Morgan fingerprint density at radius 2 is 1.02 bits per heavy atom. The van der Waals surface area contributed by atoms with Crippen LogP contribution in [0.15, 0.2) is 152 Å². The number of rotatable bonds is 5. The van der Waals surface area contributed by atoms with Crippen molar-refractivity contribution in [1.82, 2.24) is 9.97 Å². The molecule has 0 amide bonds. The molecule has 0 aliphatic rings. The Kier molecular flexibility index (Phi) is 6.59. The van der Waals surface area contributed by atoms with Gasteiger partial charge in [0.05, 0.1) is 11.4 Å². The van der Waals surface area contributed by atoms with E-state index in [2.05, 4.69) is 153 Å². The van der Waals surface area contributed by atoms with Crippen LogP contribution in [0, 0.1) is 6.92 Å². The van der Waals surface area contributed by atoms with Crippen LogP contribution in [0.1, 0.15) is 5.56 Å². The summed E-state index contributed by atoms with van der Waals surface area (Å²) in [5, 5.41) is 2.62. The Bertz CT molecular complexity index is 2280. The van der Waals surface area contributed by atoms with E-state index < -0.39 is 0 Å². The zero-order valence-corrected chi connectivity index (χ0v) is 25.1. The summed E-state index contributed by atoms with van der Waals surface area (Å²) in [5.74, 6) is 0.722. The third-order valence-corrected chi connectivity index (χ3v) is 9.39. The van der Waals surface area contributed by atoms with Crippen LogP contribution in [-0.2, 0) is 0 Å². The summed E-state index contributed by atoms with van der Waals surface area (Å²) in [6.07, 6.45) is 0. The summed E-state index contributed by atoms with van der Waals surface area (Å²) >= 11 is 1.86. The van der Waals surface area contributed by atoms with Gasteiger partial charge in [-0.1, -0.05) is 133 Å². The Hall–Kier alpha value is -5.38. The number of aryl methyl sites for hydroxylation is 1. The van der Waals surface area contributed by atoms with Crippen LogP contribution in [0.2, 0.25) is 0 Å². The van der Waals surface area contributed by atoms with Crippen LogP contribution in [-0.4, -0.2) is 9.97 Å². The topological polar surface area (TPSA) is 25.8 Å². The second-order valence-electron chi connectivity index (χ2n) is 11.1. The molecule has 0 fully saturated rings. The molecule has 0 aliphatic heterocycles. The van der Waals surface area contributed by atoms with Gasteiger partial charge >= 0.3 is 0 Å². The van der Waals surface area contributed by atoms with Gasteiger partial charge in [-0.2, -0.15) is 0 Å². The number of fused-ring (bicyclic) bond motifs is 3.